The van der Waals surface area contributed by atoms with Crippen LogP contribution in [0.25, 0.3) is 5.69 Å². The molecule has 0 saturated heterocycles. The Kier molecular flexibility index (Phi) is 4.42. The number of aromatic nitrogens is 2. The Morgan fingerprint density at radius 2 is 2.06 bits per heavy atom. The second-order valence-corrected chi connectivity index (χ2v) is 3.42. The van der Waals surface area contributed by atoms with Crippen molar-refractivity contribution in [3.8, 4) is 5.69 Å². The highest BCUT2D eigenvalue weighted by Crippen LogP contribution is 2.24. The zero-order chi connectivity index (χ0) is 13.7. The largest absolute Gasteiger partial charge is 0.393 e. The topological polar surface area (TPSA) is 87.0 Å². The van der Waals surface area contributed by atoms with Crippen LogP contribution >= 0.6 is 0 Å². The highest BCUT2D eigenvalue weighted by atomic mass is 16.6. The van der Waals surface area contributed by atoms with E-state index in [-0.39, 0.29) is 11.4 Å². The summed E-state index contributed by atoms with van der Waals surface area (Å²) in [6.45, 7) is 5.85. The lowest BCUT2D eigenvalue weighted by atomic mass is 10.2. The van der Waals surface area contributed by atoms with Gasteiger partial charge < -0.3 is 10.3 Å². The molecule has 18 heavy (non-hydrogen) atoms. The predicted molar refractivity (Wildman–Crippen MR) is 70.7 cm³/mol. The summed E-state index contributed by atoms with van der Waals surface area (Å²) in [7, 11) is 0. The zero-order valence-electron chi connectivity index (χ0n) is 10.6. The van der Waals surface area contributed by atoms with E-state index in [2.05, 4.69) is 4.98 Å². The first kappa shape index (κ1) is 13.7. The minimum Gasteiger partial charge on any atom is -0.393 e. The van der Waals surface area contributed by atoms with Gasteiger partial charge in [0.2, 0.25) is 0 Å². The number of nitro groups is 1. The monoisotopic (exact) mass is 248 g/mol. The number of aryl methyl sites for hydroxylation is 1. The van der Waals surface area contributed by atoms with Crippen molar-refractivity contribution in [1.82, 2.24) is 9.55 Å². The van der Waals surface area contributed by atoms with Crippen LogP contribution in [0.4, 0.5) is 11.4 Å². The second-order valence-electron chi connectivity index (χ2n) is 3.42. The molecule has 0 amide bonds. The highest BCUT2D eigenvalue weighted by Gasteiger charge is 2.12. The van der Waals surface area contributed by atoms with E-state index in [0.29, 0.717) is 5.69 Å². The maximum absolute atomic E-state index is 10.7. The smallest absolute Gasteiger partial charge is 0.294 e. The van der Waals surface area contributed by atoms with E-state index in [1.54, 1.807) is 23.2 Å². The van der Waals surface area contributed by atoms with Crippen LogP contribution < -0.4 is 5.73 Å². The third-order valence-electron chi connectivity index (χ3n) is 2.22. The Morgan fingerprint density at radius 1 is 1.39 bits per heavy atom. The molecule has 0 radical (unpaired) electrons. The molecule has 0 spiro atoms. The zero-order valence-corrected chi connectivity index (χ0v) is 10.6. The Labute approximate surface area is 105 Å². The van der Waals surface area contributed by atoms with Crippen molar-refractivity contribution < 1.29 is 4.92 Å². The maximum Gasteiger partial charge on any atom is 0.294 e. The van der Waals surface area contributed by atoms with Crippen molar-refractivity contribution in [1.29, 1.82) is 0 Å². The Hall–Kier alpha value is -2.37. The molecule has 2 N–H and O–H groups in total. The summed E-state index contributed by atoms with van der Waals surface area (Å²) < 4.78 is 1.71. The van der Waals surface area contributed by atoms with Crippen molar-refractivity contribution in [3.63, 3.8) is 0 Å². The van der Waals surface area contributed by atoms with Gasteiger partial charge in [0.05, 0.1) is 22.6 Å². The van der Waals surface area contributed by atoms with E-state index in [9.17, 15) is 10.1 Å². The Balaban J connectivity index is 0.000000771. The molecule has 0 saturated carbocycles. The van der Waals surface area contributed by atoms with Gasteiger partial charge in [-0.2, -0.15) is 0 Å². The summed E-state index contributed by atoms with van der Waals surface area (Å²) >= 11 is 0. The molecule has 0 aliphatic carbocycles. The number of nitrogens with two attached hydrogens (primary N) is 1. The first-order valence-corrected chi connectivity index (χ1v) is 5.63. The second kappa shape index (κ2) is 5.81. The van der Waals surface area contributed by atoms with Gasteiger partial charge in [0.25, 0.3) is 5.69 Å². The molecule has 1 aromatic carbocycles. The molecule has 6 heteroatoms. The van der Waals surface area contributed by atoms with Crippen LogP contribution in [0, 0.1) is 17.0 Å². The minimum atomic E-state index is -0.497. The van der Waals surface area contributed by atoms with Crippen LogP contribution in [-0.2, 0) is 0 Å². The number of rotatable bonds is 2. The Bertz CT molecular complexity index is 549. The standard InChI is InChI=1S/C10H10N4O2.C2H6/c1-7-5-13(6-12-7)8-2-3-9(11)10(4-8)14(15)16;1-2/h2-6H,11H2,1H3;1-2H3. The lowest BCUT2D eigenvalue weighted by Gasteiger charge is -2.03. The SMILES string of the molecule is CC.Cc1cn(-c2ccc(N)c([N+](=O)[O-])c2)cn1. The average molecular weight is 248 g/mol. The van der Waals surface area contributed by atoms with Gasteiger partial charge in [0, 0.05) is 12.3 Å². The molecule has 6 nitrogen and oxygen atoms in total. The molecule has 0 aliphatic heterocycles. The molecule has 2 rings (SSSR count). The molecule has 0 unspecified atom stereocenters. The van der Waals surface area contributed by atoms with Crippen molar-refractivity contribution in [2.75, 3.05) is 5.73 Å². The van der Waals surface area contributed by atoms with Gasteiger partial charge in [-0.1, -0.05) is 13.8 Å². The molecule has 1 heterocycles. The van der Waals surface area contributed by atoms with Crippen molar-refractivity contribution in [2.24, 2.45) is 0 Å². The molecule has 96 valence electrons. The summed E-state index contributed by atoms with van der Waals surface area (Å²) in [5, 5.41) is 10.7. The fourth-order valence-corrected chi connectivity index (χ4v) is 1.41. The number of hydrogen-bond donors (Lipinski definition) is 1. The van der Waals surface area contributed by atoms with E-state index in [1.807, 2.05) is 20.8 Å². The van der Waals surface area contributed by atoms with Crippen LogP contribution in [0.2, 0.25) is 0 Å². The van der Waals surface area contributed by atoms with E-state index < -0.39 is 4.92 Å². The van der Waals surface area contributed by atoms with Crippen LogP contribution in [0.5, 0.6) is 0 Å². The van der Waals surface area contributed by atoms with Crippen LogP contribution in [0.1, 0.15) is 19.5 Å². The number of imidazole rings is 1. The average Bonchev–Trinajstić information content (AvgIpc) is 2.79. The fraction of sp³-hybridized carbons (Fsp3) is 0.250. The number of hydrogen-bond acceptors (Lipinski definition) is 4. The third kappa shape index (κ3) is 2.85. The molecule has 0 fully saturated rings. The molecular formula is C12H16N4O2. The summed E-state index contributed by atoms with van der Waals surface area (Å²) in [6.07, 6.45) is 3.39. The van der Waals surface area contributed by atoms with Gasteiger partial charge >= 0.3 is 0 Å². The quantitative estimate of drug-likeness (QED) is 0.503. The van der Waals surface area contributed by atoms with Gasteiger partial charge in [-0.15, -0.1) is 0 Å². The van der Waals surface area contributed by atoms with Crippen LogP contribution in [-0.4, -0.2) is 14.5 Å². The van der Waals surface area contributed by atoms with E-state index >= 15 is 0 Å². The van der Waals surface area contributed by atoms with Crippen molar-refractivity contribution >= 4 is 11.4 Å². The molecule has 2 aromatic rings. The van der Waals surface area contributed by atoms with Gasteiger partial charge in [0.15, 0.2) is 0 Å². The lowest BCUT2D eigenvalue weighted by Crippen LogP contribution is -1.98. The number of nitrogen functional groups attached to an aromatic ring is 1. The van der Waals surface area contributed by atoms with Crippen LogP contribution in [0.3, 0.4) is 0 Å². The fourth-order valence-electron chi connectivity index (χ4n) is 1.41. The van der Waals surface area contributed by atoms with Gasteiger partial charge in [-0.05, 0) is 19.1 Å². The van der Waals surface area contributed by atoms with E-state index in [1.165, 1.54) is 12.1 Å². The summed E-state index contributed by atoms with van der Waals surface area (Å²) in [4.78, 5) is 14.3. The molecule has 0 aliphatic rings. The predicted octanol–water partition coefficient (Wildman–Crippen LogP) is 2.70. The summed E-state index contributed by atoms with van der Waals surface area (Å²) in [5.74, 6) is 0. The lowest BCUT2D eigenvalue weighted by molar-refractivity contribution is -0.383. The molecular weight excluding hydrogens is 232 g/mol. The maximum atomic E-state index is 10.7. The normalized spacial score (nSPS) is 9.50. The summed E-state index contributed by atoms with van der Waals surface area (Å²) in [5.41, 5.74) is 7.09. The van der Waals surface area contributed by atoms with Gasteiger partial charge in [-0.3, -0.25) is 10.1 Å². The molecule has 0 bridgehead atoms. The minimum absolute atomic E-state index is 0.0937. The van der Waals surface area contributed by atoms with E-state index in [4.69, 9.17) is 5.73 Å². The number of nitrogens with zero attached hydrogens (tertiary/aromatic N) is 3. The van der Waals surface area contributed by atoms with Crippen LogP contribution in [0.15, 0.2) is 30.7 Å². The third-order valence-corrected chi connectivity index (χ3v) is 2.22. The van der Waals surface area contributed by atoms with Crippen molar-refractivity contribution in [2.45, 2.75) is 20.8 Å². The van der Waals surface area contributed by atoms with Crippen molar-refractivity contribution in [3.05, 3.63) is 46.5 Å². The number of anilines is 1. The number of benzene rings is 1. The number of nitro benzene ring substituents is 1. The molecule has 1 aromatic heterocycles. The first-order chi connectivity index (χ1) is 8.58. The van der Waals surface area contributed by atoms with Gasteiger partial charge in [0.1, 0.15) is 5.69 Å². The first-order valence-electron chi connectivity index (χ1n) is 5.63. The van der Waals surface area contributed by atoms with Gasteiger partial charge in [-0.25, -0.2) is 4.98 Å². The van der Waals surface area contributed by atoms with E-state index in [0.717, 1.165) is 5.69 Å². The Morgan fingerprint density at radius 3 is 2.56 bits per heavy atom. The molecule has 0 atom stereocenters. The highest BCUT2D eigenvalue weighted by molar-refractivity contribution is 5.62. The summed E-state index contributed by atoms with van der Waals surface area (Å²) in [6, 6.07) is 4.66.